The summed E-state index contributed by atoms with van der Waals surface area (Å²) in [5.74, 6) is -0.189. The molecule has 1 amide bonds. The highest BCUT2D eigenvalue weighted by Gasteiger charge is 2.10. The third kappa shape index (κ3) is 4.20. The SMILES string of the molecule is CCN(c1ccccc1)c1ccc(C(=O)NCc2ccncc2)nc1. The fraction of sp³-hybridized carbons (Fsp3) is 0.150. The van der Waals surface area contributed by atoms with Gasteiger partial charge >= 0.3 is 0 Å². The van der Waals surface area contributed by atoms with E-state index in [0.717, 1.165) is 23.5 Å². The standard InChI is InChI=1S/C20H20N4O/c1-2-24(17-6-4-3-5-7-17)18-8-9-19(22-15-18)20(25)23-14-16-10-12-21-13-11-16/h3-13,15H,2,14H2,1H3,(H,23,25). The third-order valence-electron chi connectivity index (χ3n) is 3.88. The van der Waals surface area contributed by atoms with E-state index in [2.05, 4.69) is 39.2 Å². The van der Waals surface area contributed by atoms with Gasteiger partial charge in [-0.15, -0.1) is 0 Å². The predicted molar refractivity (Wildman–Crippen MR) is 98.8 cm³/mol. The van der Waals surface area contributed by atoms with Crippen molar-refractivity contribution >= 4 is 17.3 Å². The van der Waals surface area contributed by atoms with Gasteiger partial charge in [0.2, 0.25) is 0 Å². The van der Waals surface area contributed by atoms with Crippen molar-refractivity contribution in [2.45, 2.75) is 13.5 Å². The van der Waals surface area contributed by atoms with Crippen LogP contribution in [-0.4, -0.2) is 22.4 Å². The van der Waals surface area contributed by atoms with Crippen molar-refractivity contribution in [3.63, 3.8) is 0 Å². The van der Waals surface area contributed by atoms with Crippen LogP contribution in [0.2, 0.25) is 0 Å². The lowest BCUT2D eigenvalue weighted by Crippen LogP contribution is -2.24. The van der Waals surface area contributed by atoms with Gasteiger partial charge in [-0.05, 0) is 48.9 Å². The molecule has 126 valence electrons. The van der Waals surface area contributed by atoms with Crippen LogP contribution in [0.4, 0.5) is 11.4 Å². The largest absolute Gasteiger partial charge is 0.347 e. The number of carbonyl (C=O) groups is 1. The van der Waals surface area contributed by atoms with E-state index < -0.39 is 0 Å². The molecular formula is C20H20N4O. The molecule has 5 heteroatoms. The molecule has 0 spiro atoms. The molecule has 0 unspecified atom stereocenters. The predicted octanol–water partition coefficient (Wildman–Crippen LogP) is 3.56. The highest BCUT2D eigenvalue weighted by Crippen LogP contribution is 2.23. The maximum Gasteiger partial charge on any atom is 0.270 e. The van der Waals surface area contributed by atoms with Crippen LogP contribution < -0.4 is 10.2 Å². The molecular weight excluding hydrogens is 312 g/mol. The Morgan fingerprint density at radius 1 is 1.00 bits per heavy atom. The number of nitrogens with one attached hydrogen (secondary N) is 1. The molecule has 3 aromatic rings. The summed E-state index contributed by atoms with van der Waals surface area (Å²) >= 11 is 0. The summed E-state index contributed by atoms with van der Waals surface area (Å²) in [5, 5.41) is 2.87. The molecule has 5 nitrogen and oxygen atoms in total. The molecule has 0 aliphatic rings. The van der Waals surface area contributed by atoms with Crippen molar-refractivity contribution in [2.75, 3.05) is 11.4 Å². The van der Waals surface area contributed by atoms with Gasteiger partial charge in [-0.1, -0.05) is 18.2 Å². The molecule has 1 aromatic carbocycles. The van der Waals surface area contributed by atoms with Crippen molar-refractivity contribution in [1.82, 2.24) is 15.3 Å². The van der Waals surface area contributed by atoms with Gasteiger partial charge in [0, 0.05) is 31.2 Å². The van der Waals surface area contributed by atoms with E-state index in [1.807, 2.05) is 36.4 Å². The van der Waals surface area contributed by atoms with Crippen molar-refractivity contribution < 1.29 is 4.79 Å². The van der Waals surface area contributed by atoms with Crippen molar-refractivity contribution in [3.8, 4) is 0 Å². The van der Waals surface area contributed by atoms with Gasteiger partial charge in [-0.2, -0.15) is 0 Å². The lowest BCUT2D eigenvalue weighted by molar-refractivity contribution is 0.0946. The lowest BCUT2D eigenvalue weighted by atomic mass is 10.2. The van der Waals surface area contributed by atoms with Crippen LogP contribution in [0.5, 0.6) is 0 Å². The second-order valence-electron chi connectivity index (χ2n) is 5.52. The monoisotopic (exact) mass is 332 g/mol. The van der Waals surface area contributed by atoms with E-state index in [1.54, 1.807) is 24.7 Å². The maximum absolute atomic E-state index is 12.2. The number of rotatable bonds is 6. The van der Waals surface area contributed by atoms with E-state index in [1.165, 1.54) is 0 Å². The highest BCUT2D eigenvalue weighted by molar-refractivity contribution is 5.92. The molecule has 0 saturated carbocycles. The number of hydrogen-bond donors (Lipinski definition) is 1. The summed E-state index contributed by atoms with van der Waals surface area (Å²) in [5.41, 5.74) is 3.46. The van der Waals surface area contributed by atoms with Crippen LogP contribution in [0.25, 0.3) is 0 Å². The van der Waals surface area contributed by atoms with Crippen LogP contribution in [0.3, 0.4) is 0 Å². The second-order valence-corrected chi connectivity index (χ2v) is 5.52. The summed E-state index contributed by atoms with van der Waals surface area (Å²) < 4.78 is 0. The smallest absolute Gasteiger partial charge is 0.270 e. The van der Waals surface area contributed by atoms with E-state index in [-0.39, 0.29) is 5.91 Å². The topological polar surface area (TPSA) is 58.1 Å². The first-order chi connectivity index (χ1) is 12.3. The molecule has 0 saturated heterocycles. The van der Waals surface area contributed by atoms with Gasteiger partial charge in [0.1, 0.15) is 5.69 Å². The number of benzene rings is 1. The zero-order valence-corrected chi connectivity index (χ0v) is 14.1. The van der Waals surface area contributed by atoms with Gasteiger partial charge in [0.25, 0.3) is 5.91 Å². The van der Waals surface area contributed by atoms with Crippen LogP contribution >= 0.6 is 0 Å². The third-order valence-corrected chi connectivity index (χ3v) is 3.88. The summed E-state index contributed by atoms with van der Waals surface area (Å²) in [4.78, 5) is 22.7. The molecule has 2 aromatic heterocycles. The Kier molecular flexibility index (Phi) is 5.36. The molecule has 0 atom stereocenters. The number of anilines is 2. The van der Waals surface area contributed by atoms with E-state index in [4.69, 9.17) is 0 Å². The number of amides is 1. The van der Waals surface area contributed by atoms with Crippen LogP contribution in [0, 0.1) is 0 Å². The number of hydrogen-bond acceptors (Lipinski definition) is 4. The number of pyridine rings is 2. The van der Waals surface area contributed by atoms with Crippen LogP contribution in [-0.2, 0) is 6.54 Å². The van der Waals surface area contributed by atoms with Gasteiger partial charge in [-0.25, -0.2) is 4.98 Å². The Labute approximate surface area is 147 Å². The fourth-order valence-electron chi connectivity index (χ4n) is 2.58. The Balaban J connectivity index is 1.68. The fourth-order valence-corrected chi connectivity index (χ4v) is 2.58. The van der Waals surface area contributed by atoms with Gasteiger partial charge in [-0.3, -0.25) is 9.78 Å². The summed E-state index contributed by atoms with van der Waals surface area (Å²) in [7, 11) is 0. The average Bonchev–Trinajstić information content (AvgIpc) is 2.69. The van der Waals surface area contributed by atoms with E-state index >= 15 is 0 Å². The first-order valence-corrected chi connectivity index (χ1v) is 8.23. The van der Waals surface area contributed by atoms with Crippen molar-refractivity contribution in [2.24, 2.45) is 0 Å². The minimum absolute atomic E-state index is 0.189. The minimum Gasteiger partial charge on any atom is -0.347 e. The number of aromatic nitrogens is 2. The van der Waals surface area contributed by atoms with Crippen molar-refractivity contribution in [3.05, 3.63) is 84.4 Å². The Morgan fingerprint density at radius 3 is 2.40 bits per heavy atom. The zero-order chi connectivity index (χ0) is 17.5. The molecule has 0 aliphatic heterocycles. The van der Waals surface area contributed by atoms with Crippen LogP contribution in [0.1, 0.15) is 23.0 Å². The zero-order valence-electron chi connectivity index (χ0n) is 14.1. The molecule has 0 fully saturated rings. The Bertz CT molecular complexity index is 804. The molecule has 3 rings (SSSR count). The maximum atomic E-state index is 12.2. The number of carbonyl (C=O) groups excluding carboxylic acids is 1. The molecule has 2 heterocycles. The van der Waals surface area contributed by atoms with Crippen molar-refractivity contribution in [1.29, 1.82) is 0 Å². The average molecular weight is 332 g/mol. The summed E-state index contributed by atoms with van der Waals surface area (Å²) in [6.45, 7) is 3.36. The van der Waals surface area contributed by atoms with Gasteiger partial charge in [0.05, 0.1) is 11.9 Å². The number of para-hydroxylation sites is 1. The molecule has 25 heavy (non-hydrogen) atoms. The Morgan fingerprint density at radius 2 is 1.76 bits per heavy atom. The first-order valence-electron chi connectivity index (χ1n) is 8.23. The molecule has 1 N–H and O–H groups in total. The molecule has 0 aliphatic carbocycles. The summed E-state index contributed by atoms with van der Waals surface area (Å²) in [6.07, 6.45) is 5.15. The second kappa shape index (κ2) is 8.06. The van der Waals surface area contributed by atoms with Crippen LogP contribution in [0.15, 0.2) is 73.2 Å². The summed E-state index contributed by atoms with van der Waals surface area (Å²) in [6, 6.07) is 17.5. The quantitative estimate of drug-likeness (QED) is 0.750. The lowest BCUT2D eigenvalue weighted by Gasteiger charge is -2.22. The Hall–Kier alpha value is -3.21. The number of nitrogens with zero attached hydrogens (tertiary/aromatic N) is 3. The van der Waals surface area contributed by atoms with Gasteiger partial charge in [0.15, 0.2) is 0 Å². The molecule has 0 bridgehead atoms. The first kappa shape index (κ1) is 16.6. The molecule has 0 radical (unpaired) electrons. The normalized spacial score (nSPS) is 10.3. The van der Waals surface area contributed by atoms with E-state index in [0.29, 0.717) is 12.2 Å². The minimum atomic E-state index is -0.189. The van der Waals surface area contributed by atoms with Gasteiger partial charge < -0.3 is 10.2 Å². The highest BCUT2D eigenvalue weighted by atomic mass is 16.1. The van der Waals surface area contributed by atoms with E-state index in [9.17, 15) is 4.79 Å².